The van der Waals surface area contributed by atoms with Gasteiger partial charge in [0.25, 0.3) is 0 Å². The molecule has 2 heterocycles. The average molecular weight is 371 g/mol. The molecule has 8 nitrogen and oxygen atoms in total. The van der Waals surface area contributed by atoms with Gasteiger partial charge in [0.1, 0.15) is 12.3 Å². The summed E-state index contributed by atoms with van der Waals surface area (Å²) in [6, 6.07) is 7.81. The molecule has 0 saturated heterocycles. The molecule has 0 fully saturated rings. The number of aryl methyl sites for hydroxylation is 1. The van der Waals surface area contributed by atoms with Crippen molar-refractivity contribution in [2.45, 2.75) is 40.3 Å². The Balaban J connectivity index is 1.76. The molecule has 27 heavy (non-hydrogen) atoms. The number of benzene rings is 1. The van der Waals surface area contributed by atoms with Gasteiger partial charge in [0, 0.05) is 18.9 Å². The van der Waals surface area contributed by atoms with Crippen LogP contribution in [0, 0.1) is 6.92 Å². The Kier molecular flexibility index (Phi) is 5.95. The predicted molar refractivity (Wildman–Crippen MR) is 103 cm³/mol. The standard InChI is InChI=1S/C19H25N5O3/c1-5-20-19(21-11-17-23-13(4)27-24-17)22-12(3)16-10-14-8-7-9-15(25-6-2)18(14)26-16/h7-10,12H,5-6,11H2,1-4H3,(H2,20,21,22). The van der Waals surface area contributed by atoms with Gasteiger partial charge in [0.05, 0.1) is 12.6 Å². The summed E-state index contributed by atoms with van der Waals surface area (Å²) in [5, 5.41) is 11.4. The zero-order valence-corrected chi connectivity index (χ0v) is 16.1. The number of nitrogens with zero attached hydrogens (tertiary/aromatic N) is 3. The molecule has 1 atom stereocenters. The summed E-state index contributed by atoms with van der Waals surface area (Å²) in [5.41, 5.74) is 0.757. The summed E-state index contributed by atoms with van der Waals surface area (Å²) in [6.45, 7) is 9.39. The van der Waals surface area contributed by atoms with Crippen LogP contribution < -0.4 is 15.4 Å². The maximum absolute atomic E-state index is 6.05. The van der Waals surface area contributed by atoms with Crippen LogP contribution in [-0.4, -0.2) is 29.3 Å². The second kappa shape index (κ2) is 8.57. The van der Waals surface area contributed by atoms with E-state index in [0.717, 1.165) is 29.0 Å². The Morgan fingerprint density at radius 3 is 2.89 bits per heavy atom. The van der Waals surface area contributed by atoms with E-state index in [1.807, 2.05) is 45.0 Å². The van der Waals surface area contributed by atoms with E-state index in [-0.39, 0.29) is 6.04 Å². The molecule has 0 aliphatic carbocycles. The molecule has 1 unspecified atom stereocenters. The molecule has 3 rings (SSSR count). The lowest BCUT2D eigenvalue weighted by Gasteiger charge is -2.15. The summed E-state index contributed by atoms with van der Waals surface area (Å²) < 4.78 is 16.7. The van der Waals surface area contributed by atoms with Crippen LogP contribution >= 0.6 is 0 Å². The highest BCUT2D eigenvalue weighted by atomic mass is 16.5. The third kappa shape index (κ3) is 4.58. The van der Waals surface area contributed by atoms with Gasteiger partial charge in [-0.15, -0.1) is 0 Å². The van der Waals surface area contributed by atoms with Crippen molar-refractivity contribution in [1.82, 2.24) is 20.8 Å². The van der Waals surface area contributed by atoms with Crippen LogP contribution in [0.1, 0.15) is 44.3 Å². The van der Waals surface area contributed by atoms with Gasteiger partial charge in [-0.05, 0) is 32.9 Å². The normalized spacial score (nSPS) is 13.0. The van der Waals surface area contributed by atoms with E-state index in [1.54, 1.807) is 6.92 Å². The second-order valence-electron chi connectivity index (χ2n) is 6.05. The maximum atomic E-state index is 6.05. The van der Waals surface area contributed by atoms with E-state index in [2.05, 4.69) is 25.8 Å². The van der Waals surface area contributed by atoms with Crippen LogP contribution in [0.25, 0.3) is 11.0 Å². The first-order valence-electron chi connectivity index (χ1n) is 9.10. The summed E-state index contributed by atoms with van der Waals surface area (Å²) in [5.74, 6) is 3.28. The predicted octanol–water partition coefficient (Wildman–Crippen LogP) is 3.34. The maximum Gasteiger partial charge on any atom is 0.223 e. The average Bonchev–Trinajstić information content (AvgIpc) is 3.27. The number of furan rings is 1. The monoisotopic (exact) mass is 371 g/mol. The summed E-state index contributed by atoms with van der Waals surface area (Å²) in [7, 11) is 0. The van der Waals surface area contributed by atoms with Gasteiger partial charge in [0.15, 0.2) is 23.1 Å². The lowest BCUT2D eigenvalue weighted by molar-refractivity contribution is 0.336. The number of ether oxygens (including phenoxy) is 1. The van der Waals surface area contributed by atoms with Crippen molar-refractivity contribution in [2.75, 3.05) is 13.2 Å². The van der Waals surface area contributed by atoms with Crippen LogP contribution in [0.15, 0.2) is 38.2 Å². The van der Waals surface area contributed by atoms with Gasteiger partial charge < -0.3 is 24.3 Å². The van der Waals surface area contributed by atoms with Gasteiger partial charge >= 0.3 is 0 Å². The van der Waals surface area contributed by atoms with E-state index in [4.69, 9.17) is 13.7 Å². The van der Waals surface area contributed by atoms with Crippen LogP contribution in [0.5, 0.6) is 5.75 Å². The van der Waals surface area contributed by atoms with E-state index in [9.17, 15) is 0 Å². The van der Waals surface area contributed by atoms with Crippen molar-refractivity contribution < 1.29 is 13.7 Å². The fourth-order valence-electron chi connectivity index (χ4n) is 2.69. The zero-order valence-electron chi connectivity index (χ0n) is 16.1. The molecule has 0 spiro atoms. The Morgan fingerprint density at radius 1 is 1.33 bits per heavy atom. The number of para-hydroxylation sites is 1. The van der Waals surface area contributed by atoms with E-state index in [1.165, 1.54) is 0 Å². The quantitative estimate of drug-likeness (QED) is 0.485. The first kappa shape index (κ1) is 18.8. The molecular formula is C19H25N5O3. The highest BCUT2D eigenvalue weighted by Gasteiger charge is 2.15. The molecule has 2 aromatic heterocycles. The molecule has 0 saturated carbocycles. The van der Waals surface area contributed by atoms with Crippen LogP contribution in [0.4, 0.5) is 0 Å². The Morgan fingerprint density at radius 2 is 2.19 bits per heavy atom. The number of fused-ring (bicyclic) bond motifs is 1. The second-order valence-corrected chi connectivity index (χ2v) is 6.05. The van der Waals surface area contributed by atoms with Crippen LogP contribution in [-0.2, 0) is 6.54 Å². The lowest BCUT2D eigenvalue weighted by atomic mass is 10.2. The number of aliphatic imine (C=N–C) groups is 1. The molecule has 144 valence electrons. The van der Waals surface area contributed by atoms with Crippen molar-refractivity contribution in [3.05, 3.63) is 41.7 Å². The number of rotatable bonds is 7. The third-order valence-corrected chi connectivity index (χ3v) is 3.90. The number of guanidine groups is 1. The molecule has 3 aromatic rings. The van der Waals surface area contributed by atoms with Gasteiger partial charge in [-0.3, -0.25) is 0 Å². The van der Waals surface area contributed by atoms with Gasteiger partial charge in [0.2, 0.25) is 5.89 Å². The SMILES string of the molecule is CCNC(=NCc1noc(C)n1)NC(C)c1cc2cccc(OCC)c2o1. The van der Waals surface area contributed by atoms with E-state index in [0.29, 0.717) is 30.8 Å². The summed E-state index contributed by atoms with van der Waals surface area (Å²) in [6.07, 6.45) is 0. The summed E-state index contributed by atoms with van der Waals surface area (Å²) in [4.78, 5) is 8.67. The van der Waals surface area contributed by atoms with Crippen molar-refractivity contribution in [3.63, 3.8) is 0 Å². The number of hydrogen-bond donors (Lipinski definition) is 2. The first-order chi connectivity index (χ1) is 13.1. The first-order valence-corrected chi connectivity index (χ1v) is 9.10. The third-order valence-electron chi connectivity index (χ3n) is 3.90. The zero-order chi connectivity index (χ0) is 19.2. The van der Waals surface area contributed by atoms with Crippen molar-refractivity contribution in [1.29, 1.82) is 0 Å². The molecule has 1 aromatic carbocycles. The lowest BCUT2D eigenvalue weighted by Crippen LogP contribution is -2.38. The van der Waals surface area contributed by atoms with Gasteiger partial charge in [-0.2, -0.15) is 4.98 Å². The Bertz CT molecular complexity index is 915. The smallest absolute Gasteiger partial charge is 0.223 e. The Labute approximate surface area is 158 Å². The minimum atomic E-state index is -0.0864. The molecule has 0 bridgehead atoms. The Hall–Kier alpha value is -3.03. The molecule has 8 heteroatoms. The van der Waals surface area contributed by atoms with E-state index >= 15 is 0 Å². The highest BCUT2D eigenvalue weighted by Crippen LogP contribution is 2.31. The molecule has 0 aliphatic heterocycles. The molecule has 0 radical (unpaired) electrons. The van der Waals surface area contributed by atoms with Crippen LogP contribution in [0.3, 0.4) is 0 Å². The largest absolute Gasteiger partial charge is 0.490 e. The molecule has 0 aliphatic rings. The molecule has 2 N–H and O–H groups in total. The van der Waals surface area contributed by atoms with Gasteiger partial charge in [-0.25, -0.2) is 4.99 Å². The number of hydrogen-bond acceptors (Lipinski definition) is 6. The fourth-order valence-corrected chi connectivity index (χ4v) is 2.69. The van der Waals surface area contributed by atoms with Crippen molar-refractivity contribution in [3.8, 4) is 5.75 Å². The minimum Gasteiger partial charge on any atom is -0.490 e. The topological polar surface area (TPSA) is 97.7 Å². The van der Waals surface area contributed by atoms with E-state index < -0.39 is 0 Å². The molecular weight excluding hydrogens is 346 g/mol. The van der Waals surface area contributed by atoms with Crippen molar-refractivity contribution in [2.24, 2.45) is 4.99 Å². The number of aromatic nitrogens is 2. The van der Waals surface area contributed by atoms with Crippen molar-refractivity contribution >= 4 is 16.9 Å². The summed E-state index contributed by atoms with van der Waals surface area (Å²) >= 11 is 0. The highest BCUT2D eigenvalue weighted by molar-refractivity contribution is 5.84. The van der Waals surface area contributed by atoms with Crippen LogP contribution in [0.2, 0.25) is 0 Å². The minimum absolute atomic E-state index is 0.0864. The molecule has 0 amide bonds. The number of nitrogens with one attached hydrogen (secondary N) is 2. The fraction of sp³-hybridized carbons (Fsp3) is 0.421. The van der Waals surface area contributed by atoms with Gasteiger partial charge in [-0.1, -0.05) is 17.3 Å².